The van der Waals surface area contributed by atoms with Crippen molar-refractivity contribution in [2.24, 2.45) is 5.16 Å². The predicted octanol–water partition coefficient (Wildman–Crippen LogP) is 6.24. The average Bonchev–Trinajstić information content (AvgIpc) is 2.76. The molecule has 1 atom stereocenters. The molecule has 0 aliphatic heterocycles. The highest BCUT2D eigenvalue weighted by Crippen LogP contribution is 2.57. The second-order valence-corrected chi connectivity index (χ2v) is 12.4. The fourth-order valence-electron chi connectivity index (χ4n) is 2.30. The number of hydrogen-bond donors (Lipinski definition) is 1. The Morgan fingerprint density at radius 3 is 2.50 bits per heavy atom. The van der Waals surface area contributed by atoms with Gasteiger partial charge in [-0.1, -0.05) is 48.5 Å². The number of carbonyl (C=O) groups is 1. The number of nitrogens with zero attached hydrogens (tertiary/aromatic N) is 2. The zero-order chi connectivity index (χ0) is 22.0. The number of rotatable bonds is 9. The lowest BCUT2D eigenvalue weighted by Crippen LogP contribution is -2.26. The van der Waals surface area contributed by atoms with E-state index in [0.29, 0.717) is 11.2 Å². The molecule has 1 amide bonds. The molecule has 0 heterocycles. The van der Waals surface area contributed by atoms with Gasteiger partial charge >= 0.3 is 6.09 Å². The molecule has 2 aromatic rings. The van der Waals surface area contributed by atoms with E-state index >= 15 is 0 Å². The smallest absolute Gasteiger partial charge is 0.434 e. The van der Waals surface area contributed by atoms with E-state index in [1.165, 1.54) is 23.7 Å². The fourth-order valence-corrected chi connectivity index (χ4v) is 6.80. The molecule has 2 rings (SSSR count). The van der Waals surface area contributed by atoms with Gasteiger partial charge in [-0.2, -0.15) is 0 Å². The van der Waals surface area contributed by atoms with Crippen molar-refractivity contribution in [1.82, 2.24) is 5.32 Å². The Morgan fingerprint density at radius 1 is 1.20 bits per heavy atom. The van der Waals surface area contributed by atoms with Crippen LogP contribution < -0.4 is 13.9 Å². The molecule has 0 radical (unpaired) electrons. The first kappa shape index (κ1) is 24.6. The van der Waals surface area contributed by atoms with Gasteiger partial charge in [-0.15, -0.1) is 11.8 Å². The minimum atomic E-state index is -2.47. The second-order valence-electron chi connectivity index (χ2n) is 6.06. The summed E-state index contributed by atoms with van der Waals surface area (Å²) in [6, 6.07) is 17.6. The maximum Gasteiger partial charge on any atom is 0.434 e. The third-order valence-corrected chi connectivity index (χ3v) is 10.3. The second kappa shape index (κ2) is 12.2. The number of benzene rings is 2. The number of thioether (sulfide) groups is 1. The van der Waals surface area contributed by atoms with Crippen LogP contribution in [-0.2, 0) is 16.6 Å². The van der Waals surface area contributed by atoms with Gasteiger partial charge in [-0.05, 0) is 67.6 Å². The van der Waals surface area contributed by atoms with E-state index in [4.69, 9.17) is 21.2 Å². The summed E-state index contributed by atoms with van der Waals surface area (Å²) in [5.41, 5.74) is 2.04. The molecule has 0 aliphatic rings. The molecule has 0 saturated heterocycles. The fraction of sp³-hybridized carbons (Fsp3) is 0.300. The van der Waals surface area contributed by atoms with Crippen molar-refractivity contribution in [1.29, 1.82) is 0 Å². The van der Waals surface area contributed by atoms with E-state index in [1.54, 1.807) is 6.92 Å². The zero-order valence-corrected chi connectivity index (χ0v) is 20.7. The van der Waals surface area contributed by atoms with Gasteiger partial charge in [0, 0.05) is 6.16 Å². The summed E-state index contributed by atoms with van der Waals surface area (Å²) >= 11 is 8.86. The molecule has 0 spiro atoms. The van der Waals surface area contributed by atoms with Gasteiger partial charge in [0.25, 0.3) is 0 Å². The first-order chi connectivity index (χ1) is 14.4. The van der Waals surface area contributed by atoms with E-state index in [9.17, 15) is 4.79 Å². The maximum absolute atomic E-state index is 11.9. The molecule has 0 saturated carbocycles. The van der Waals surface area contributed by atoms with Crippen LogP contribution in [0.25, 0.3) is 0 Å². The number of amides is 1. The number of hydrogen-bond acceptors (Lipinski definition) is 7. The van der Waals surface area contributed by atoms with E-state index < -0.39 is 12.5 Å². The quantitative estimate of drug-likeness (QED) is 0.0862. The van der Waals surface area contributed by atoms with Crippen LogP contribution in [0.4, 0.5) is 10.5 Å². The Kier molecular flexibility index (Phi) is 10.0. The first-order valence-electron chi connectivity index (χ1n) is 9.26. The summed E-state index contributed by atoms with van der Waals surface area (Å²) in [6.07, 6.45) is -0.572. The number of nitrogens with one attached hydrogen (secondary N) is 1. The van der Waals surface area contributed by atoms with Crippen molar-refractivity contribution in [2.45, 2.75) is 20.8 Å². The van der Waals surface area contributed by atoms with Gasteiger partial charge in [0.1, 0.15) is 10.8 Å². The molecule has 1 N–H and O–H groups in total. The SMILES string of the molecule is CCP(=S)(Oc1ccccc1)N(SCNC(=O)ON=C(C)SC)c1ccccc1C. The third-order valence-electron chi connectivity index (χ3n) is 3.95. The number of oxime groups is 1. The summed E-state index contributed by atoms with van der Waals surface area (Å²) in [4.78, 5) is 16.8. The highest BCUT2D eigenvalue weighted by molar-refractivity contribution is 8.21. The zero-order valence-electron chi connectivity index (χ0n) is 17.4. The molecular formula is C20H26N3O3PS3. The van der Waals surface area contributed by atoms with Crippen LogP contribution in [-0.4, -0.2) is 29.4 Å². The summed E-state index contributed by atoms with van der Waals surface area (Å²) in [7, 11) is 0. The van der Waals surface area contributed by atoms with Gasteiger partial charge in [0.2, 0.25) is 6.42 Å². The Morgan fingerprint density at radius 2 is 1.87 bits per heavy atom. The van der Waals surface area contributed by atoms with Crippen LogP contribution in [0.1, 0.15) is 19.4 Å². The molecule has 1 unspecified atom stereocenters. The normalized spacial score (nSPS) is 13.3. The molecule has 30 heavy (non-hydrogen) atoms. The van der Waals surface area contributed by atoms with Crippen LogP contribution in [0.15, 0.2) is 59.8 Å². The Bertz CT molecular complexity index is 912. The number of carbonyl (C=O) groups excluding carboxylic acids is 1. The van der Waals surface area contributed by atoms with Crippen molar-refractivity contribution >= 4 is 58.8 Å². The van der Waals surface area contributed by atoms with Crippen LogP contribution in [0.2, 0.25) is 0 Å². The number of aryl methyl sites for hydroxylation is 1. The summed E-state index contributed by atoms with van der Waals surface area (Å²) in [5.74, 6) is 0.994. The summed E-state index contributed by atoms with van der Waals surface area (Å²) < 4.78 is 8.37. The molecule has 0 aliphatic carbocycles. The lowest BCUT2D eigenvalue weighted by molar-refractivity contribution is 0.153. The Hall–Kier alpha value is -1.67. The van der Waals surface area contributed by atoms with Gasteiger partial charge < -0.3 is 9.84 Å². The van der Waals surface area contributed by atoms with Gasteiger partial charge in [-0.3, -0.25) is 8.91 Å². The Labute approximate surface area is 192 Å². The summed E-state index contributed by atoms with van der Waals surface area (Å²) in [6.45, 7) is 5.82. The summed E-state index contributed by atoms with van der Waals surface area (Å²) in [5, 5.41) is 7.11. The van der Waals surface area contributed by atoms with Crippen molar-refractivity contribution in [3.63, 3.8) is 0 Å². The largest absolute Gasteiger partial charge is 0.448 e. The van der Waals surface area contributed by atoms with Crippen LogP contribution in [0.5, 0.6) is 5.75 Å². The molecule has 0 aromatic heterocycles. The van der Waals surface area contributed by atoms with Gasteiger partial charge in [-0.25, -0.2) is 4.79 Å². The van der Waals surface area contributed by atoms with Crippen molar-refractivity contribution in [2.75, 3.05) is 22.4 Å². The minimum absolute atomic E-state index is 0.261. The standard InChI is InChI=1S/C20H26N3O3PS3/c1-5-27(28,26-18-12-7-6-8-13-18)23(19-14-10-9-11-16(19)2)30-15-21-20(24)25-22-17(3)29-4/h6-14H,5,15H2,1-4H3,(H,21,24). The van der Waals surface area contributed by atoms with Crippen LogP contribution >= 0.6 is 30.1 Å². The highest BCUT2D eigenvalue weighted by Gasteiger charge is 2.29. The highest BCUT2D eigenvalue weighted by atomic mass is 32.5. The lowest BCUT2D eigenvalue weighted by atomic mass is 10.2. The molecule has 0 fully saturated rings. The molecular weight excluding hydrogens is 457 g/mol. The predicted molar refractivity (Wildman–Crippen MR) is 134 cm³/mol. The van der Waals surface area contributed by atoms with E-state index in [0.717, 1.165) is 17.0 Å². The van der Waals surface area contributed by atoms with E-state index in [-0.39, 0.29) is 5.88 Å². The van der Waals surface area contributed by atoms with E-state index in [1.807, 2.05) is 78.8 Å². The first-order valence-corrected chi connectivity index (χ1v) is 14.3. The Balaban J connectivity index is 2.19. The monoisotopic (exact) mass is 483 g/mol. The average molecular weight is 484 g/mol. The van der Waals surface area contributed by atoms with Gasteiger partial charge in [0.05, 0.1) is 11.6 Å². The molecule has 2 aromatic carbocycles. The third kappa shape index (κ3) is 7.23. The van der Waals surface area contributed by atoms with Gasteiger partial charge in [0.15, 0.2) is 0 Å². The van der Waals surface area contributed by atoms with E-state index in [2.05, 4.69) is 10.5 Å². The van der Waals surface area contributed by atoms with Crippen molar-refractivity contribution in [3.8, 4) is 5.75 Å². The number of anilines is 1. The van der Waals surface area contributed by atoms with Crippen LogP contribution in [0.3, 0.4) is 0 Å². The molecule has 6 nitrogen and oxygen atoms in total. The minimum Gasteiger partial charge on any atom is -0.448 e. The van der Waals surface area contributed by atoms with Crippen molar-refractivity contribution in [3.05, 3.63) is 60.2 Å². The topological polar surface area (TPSA) is 63.2 Å². The molecule has 0 bridgehead atoms. The molecule has 10 heteroatoms. The molecule has 162 valence electrons. The lowest BCUT2D eigenvalue weighted by Gasteiger charge is -2.35. The van der Waals surface area contributed by atoms with Crippen LogP contribution in [0, 0.1) is 6.92 Å². The van der Waals surface area contributed by atoms with Crippen molar-refractivity contribution < 1.29 is 14.2 Å². The maximum atomic E-state index is 11.9. The number of para-hydroxylation sites is 2.